The number of aryl methyl sites for hydroxylation is 2. The average molecular weight is 507 g/mol. The van der Waals surface area contributed by atoms with Gasteiger partial charge in [-0.2, -0.15) is 13.9 Å². The molecule has 0 spiro atoms. The number of allylic oxidation sites excluding steroid dienone is 3. The minimum atomic E-state index is -2.78. The van der Waals surface area contributed by atoms with Gasteiger partial charge in [0.1, 0.15) is 11.6 Å². The van der Waals surface area contributed by atoms with Crippen LogP contribution >= 0.6 is 0 Å². The molecule has 0 fully saturated rings. The van der Waals surface area contributed by atoms with Crippen molar-refractivity contribution in [2.45, 2.75) is 47.3 Å². The second-order valence-corrected chi connectivity index (χ2v) is 8.80. The molecule has 1 atom stereocenters. The predicted molar refractivity (Wildman–Crippen MR) is 146 cm³/mol. The standard InChI is InChI=1S/C28H32F2N6O/c1-8-35(24-12-10-21(15-18(24)4)32-25(31-7)13-9-17(2)3)26-14-11-22(20(6)37)27(33-26)23-16-36(28(29)30)34-19(23)5/h8-16,20,28,32,37H,1,7H2,2-6H3/b25-13+. The van der Waals surface area contributed by atoms with E-state index in [0.717, 1.165) is 22.5 Å². The van der Waals surface area contributed by atoms with E-state index < -0.39 is 12.7 Å². The number of aliphatic hydroxyl groups excluding tert-OH is 1. The molecule has 2 N–H and O–H groups in total. The van der Waals surface area contributed by atoms with Gasteiger partial charge in [0.05, 0.1) is 23.2 Å². The lowest BCUT2D eigenvalue weighted by Gasteiger charge is -2.23. The molecule has 0 saturated heterocycles. The van der Waals surface area contributed by atoms with Crippen molar-refractivity contribution in [2.24, 2.45) is 4.99 Å². The molecule has 0 aliphatic rings. The van der Waals surface area contributed by atoms with Gasteiger partial charge in [0.25, 0.3) is 0 Å². The van der Waals surface area contributed by atoms with Crippen molar-refractivity contribution in [2.75, 3.05) is 10.2 Å². The van der Waals surface area contributed by atoms with Crippen LogP contribution in [0.15, 0.2) is 77.8 Å². The number of aromatic nitrogens is 3. The van der Waals surface area contributed by atoms with Crippen LogP contribution in [0.1, 0.15) is 50.2 Å². The maximum atomic E-state index is 13.3. The molecular weight excluding hydrogens is 474 g/mol. The van der Waals surface area contributed by atoms with Crippen LogP contribution in [0.3, 0.4) is 0 Å². The topological polar surface area (TPSA) is 78.6 Å². The Morgan fingerprint density at radius 1 is 1.19 bits per heavy atom. The first-order valence-corrected chi connectivity index (χ1v) is 11.7. The lowest BCUT2D eigenvalue weighted by molar-refractivity contribution is 0.0563. The van der Waals surface area contributed by atoms with Crippen LogP contribution in [-0.2, 0) is 0 Å². The Bertz CT molecular complexity index is 1350. The van der Waals surface area contributed by atoms with Crippen LogP contribution in [-0.4, -0.2) is 26.6 Å². The minimum absolute atomic E-state index is 0.380. The normalized spacial score (nSPS) is 12.3. The van der Waals surface area contributed by atoms with Gasteiger partial charge in [0.15, 0.2) is 0 Å². The zero-order valence-electron chi connectivity index (χ0n) is 21.7. The molecule has 3 aromatic rings. The van der Waals surface area contributed by atoms with Crippen LogP contribution in [0.4, 0.5) is 26.0 Å². The lowest BCUT2D eigenvalue weighted by atomic mass is 10.0. The predicted octanol–water partition coefficient (Wildman–Crippen LogP) is 7.21. The van der Waals surface area contributed by atoms with Crippen molar-refractivity contribution < 1.29 is 13.9 Å². The van der Waals surface area contributed by atoms with E-state index in [1.807, 2.05) is 51.1 Å². The summed E-state index contributed by atoms with van der Waals surface area (Å²) in [6, 6.07) is 9.29. The van der Waals surface area contributed by atoms with Gasteiger partial charge in [-0.3, -0.25) is 0 Å². The van der Waals surface area contributed by atoms with Gasteiger partial charge in [-0.15, -0.1) is 0 Å². The smallest absolute Gasteiger partial charge is 0.333 e. The molecule has 1 aromatic carbocycles. The largest absolute Gasteiger partial charge is 0.389 e. The van der Waals surface area contributed by atoms with Crippen molar-refractivity contribution in [1.29, 1.82) is 0 Å². The number of anilines is 3. The number of hydrogen-bond donors (Lipinski definition) is 2. The number of nitrogens with zero attached hydrogens (tertiary/aromatic N) is 5. The van der Waals surface area contributed by atoms with E-state index in [2.05, 4.69) is 28.7 Å². The summed E-state index contributed by atoms with van der Waals surface area (Å²) in [5.41, 5.74) is 5.42. The number of halogens is 2. The van der Waals surface area contributed by atoms with Gasteiger partial charge < -0.3 is 15.3 Å². The van der Waals surface area contributed by atoms with Crippen LogP contribution < -0.4 is 10.2 Å². The van der Waals surface area contributed by atoms with Gasteiger partial charge in [0, 0.05) is 29.2 Å². The lowest BCUT2D eigenvalue weighted by Crippen LogP contribution is -2.13. The van der Waals surface area contributed by atoms with Crippen molar-refractivity contribution in [1.82, 2.24) is 14.8 Å². The molecule has 0 aliphatic heterocycles. The van der Waals surface area contributed by atoms with Crippen molar-refractivity contribution in [3.8, 4) is 11.3 Å². The summed E-state index contributed by atoms with van der Waals surface area (Å²) >= 11 is 0. The SMILES string of the molecule is C=CN(c1ccc(C(C)O)c(-c2cn(C(F)F)nc2C)n1)c1ccc(N/C(=C/C=C(C)C)N=C)cc1C. The number of hydrogen-bond acceptors (Lipinski definition) is 6. The van der Waals surface area contributed by atoms with Gasteiger partial charge in [0.2, 0.25) is 0 Å². The van der Waals surface area contributed by atoms with E-state index in [-0.39, 0.29) is 0 Å². The molecule has 3 rings (SSSR count). The highest BCUT2D eigenvalue weighted by atomic mass is 19.3. The van der Waals surface area contributed by atoms with E-state index in [4.69, 9.17) is 4.98 Å². The Hall–Kier alpha value is -4.11. The summed E-state index contributed by atoms with van der Waals surface area (Å²) in [4.78, 5) is 10.6. The monoisotopic (exact) mass is 506 g/mol. The molecule has 37 heavy (non-hydrogen) atoms. The zero-order valence-corrected chi connectivity index (χ0v) is 21.7. The molecule has 0 amide bonds. The van der Waals surface area contributed by atoms with Crippen LogP contribution in [0.5, 0.6) is 0 Å². The molecule has 1 unspecified atom stereocenters. The fourth-order valence-electron chi connectivity index (χ4n) is 3.81. The summed E-state index contributed by atoms with van der Waals surface area (Å²) in [5, 5.41) is 17.5. The first-order chi connectivity index (χ1) is 17.5. The highest BCUT2D eigenvalue weighted by Crippen LogP contribution is 2.35. The Morgan fingerprint density at radius 2 is 1.92 bits per heavy atom. The molecule has 0 bridgehead atoms. The second-order valence-electron chi connectivity index (χ2n) is 8.80. The molecular formula is C28H32F2N6O. The first kappa shape index (κ1) is 27.5. The highest BCUT2D eigenvalue weighted by Gasteiger charge is 2.21. The summed E-state index contributed by atoms with van der Waals surface area (Å²) in [6.07, 6.45) is 5.82. The molecule has 0 saturated carbocycles. The summed E-state index contributed by atoms with van der Waals surface area (Å²) in [6.45, 7) is 14.0. The Morgan fingerprint density at radius 3 is 2.46 bits per heavy atom. The van der Waals surface area contributed by atoms with Gasteiger partial charge >= 0.3 is 6.55 Å². The average Bonchev–Trinajstić information content (AvgIpc) is 3.25. The molecule has 194 valence electrons. The van der Waals surface area contributed by atoms with E-state index in [0.29, 0.717) is 38.8 Å². The number of aliphatic imine (C=N–C) groups is 1. The fourth-order valence-corrected chi connectivity index (χ4v) is 3.81. The van der Waals surface area contributed by atoms with Gasteiger partial charge in [-0.05, 0) is 77.2 Å². The zero-order chi connectivity index (χ0) is 27.3. The van der Waals surface area contributed by atoms with E-state index in [9.17, 15) is 13.9 Å². The van der Waals surface area contributed by atoms with E-state index in [1.165, 1.54) is 6.20 Å². The van der Waals surface area contributed by atoms with E-state index in [1.54, 1.807) is 37.1 Å². The van der Waals surface area contributed by atoms with Gasteiger partial charge in [-0.1, -0.05) is 24.3 Å². The van der Waals surface area contributed by atoms with Crippen molar-refractivity contribution in [3.05, 3.63) is 89.7 Å². The van der Waals surface area contributed by atoms with Crippen LogP contribution in [0.2, 0.25) is 0 Å². The summed E-state index contributed by atoms with van der Waals surface area (Å²) in [7, 11) is 0. The fraction of sp³-hybridized carbons (Fsp3) is 0.250. The van der Waals surface area contributed by atoms with Crippen molar-refractivity contribution >= 4 is 23.9 Å². The molecule has 7 nitrogen and oxygen atoms in total. The number of alkyl halides is 2. The van der Waals surface area contributed by atoms with Crippen LogP contribution in [0.25, 0.3) is 11.3 Å². The number of rotatable bonds is 10. The minimum Gasteiger partial charge on any atom is -0.389 e. The summed E-state index contributed by atoms with van der Waals surface area (Å²) < 4.78 is 27.1. The third-order valence-corrected chi connectivity index (χ3v) is 5.64. The third-order valence-electron chi connectivity index (χ3n) is 5.64. The van der Waals surface area contributed by atoms with Crippen molar-refractivity contribution in [3.63, 3.8) is 0 Å². The molecule has 2 heterocycles. The molecule has 0 aliphatic carbocycles. The number of benzene rings is 1. The third kappa shape index (κ3) is 6.37. The molecule has 2 aromatic heterocycles. The maximum absolute atomic E-state index is 13.3. The number of pyridine rings is 1. The highest BCUT2D eigenvalue weighted by molar-refractivity contribution is 5.73. The Kier molecular flexibility index (Phi) is 8.73. The maximum Gasteiger partial charge on any atom is 0.333 e. The van der Waals surface area contributed by atoms with Gasteiger partial charge in [-0.25, -0.2) is 14.7 Å². The quantitative estimate of drug-likeness (QED) is 0.224. The molecule has 0 radical (unpaired) electrons. The number of aliphatic hydroxyl groups is 1. The Labute approximate surface area is 216 Å². The van der Waals surface area contributed by atoms with Crippen LogP contribution in [0, 0.1) is 13.8 Å². The summed E-state index contributed by atoms with van der Waals surface area (Å²) in [5.74, 6) is 1.13. The second kappa shape index (κ2) is 11.7. The van der Waals surface area contributed by atoms with E-state index >= 15 is 0 Å². The Balaban J connectivity index is 2.03. The number of nitrogens with one attached hydrogen (secondary N) is 1. The first-order valence-electron chi connectivity index (χ1n) is 11.7. The molecule has 9 heteroatoms.